The lowest BCUT2D eigenvalue weighted by molar-refractivity contribution is 0.602. The van der Waals surface area contributed by atoms with Gasteiger partial charge in [0, 0.05) is 12.8 Å². The summed E-state index contributed by atoms with van der Waals surface area (Å²) < 4.78 is 21.7. The number of nitrogens with zero attached hydrogens (tertiary/aromatic N) is 3. The Morgan fingerprint density at radius 1 is 1.33 bits per heavy atom. The first-order valence-electron chi connectivity index (χ1n) is 4.16. The predicted octanol–water partition coefficient (Wildman–Crippen LogP) is 0.290. The summed E-state index contributed by atoms with van der Waals surface area (Å²) in [6.07, 6.45) is 1.17. The molecule has 1 aromatic rings. The van der Waals surface area contributed by atoms with E-state index in [-0.39, 0.29) is 23.5 Å². The van der Waals surface area contributed by atoms with Gasteiger partial charge in [-0.1, -0.05) is 0 Å². The molecule has 0 saturated carbocycles. The van der Waals surface area contributed by atoms with Gasteiger partial charge in [-0.25, -0.2) is 13.4 Å². The summed E-state index contributed by atoms with van der Waals surface area (Å²) in [5.41, 5.74) is 0. The van der Waals surface area contributed by atoms with E-state index in [0.717, 1.165) is 0 Å². The number of anilines is 1. The number of sulfone groups is 1. The summed E-state index contributed by atoms with van der Waals surface area (Å²) >= 11 is 5.60. The highest BCUT2D eigenvalue weighted by Crippen LogP contribution is 2.04. The lowest BCUT2D eigenvalue weighted by Crippen LogP contribution is -2.16. The second-order valence-corrected chi connectivity index (χ2v) is 5.63. The van der Waals surface area contributed by atoms with Gasteiger partial charge in [0.2, 0.25) is 11.2 Å². The van der Waals surface area contributed by atoms with Crippen LogP contribution in [0.3, 0.4) is 0 Å². The molecule has 84 valence electrons. The van der Waals surface area contributed by atoms with Crippen LogP contribution in [0.5, 0.6) is 0 Å². The number of hydrogen-bond acceptors (Lipinski definition) is 6. The highest BCUT2D eigenvalue weighted by Gasteiger charge is 2.04. The van der Waals surface area contributed by atoms with Crippen LogP contribution in [0.4, 0.5) is 5.95 Å². The van der Waals surface area contributed by atoms with E-state index in [4.69, 9.17) is 11.6 Å². The van der Waals surface area contributed by atoms with Crippen molar-refractivity contribution in [2.45, 2.75) is 6.92 Å². The van der Waals surface area contributed by atoms with Crippen molar-refractivity contribution in [3.63, 3.8) is 0 Å². The Morgan fingerprint density at radius 2 is 2.00 bits per heavy atom. The van der Waals surface area contributed by atoms with Gasteiger partial charge < -0.3 is 5.32 Å². The number of hydrogen-bond donors (Lipinski definition) is 1. The molecule has 15 heavy (non-hydrogen) atoms. The second-order valence-electron chi connectivity index (χ2n) is 3.03. The minimum atomic E-state index is -2.98. The maximum Gasteiger partial charge on any atom is 0.227 e. The van der Waals surface area contributed by atoms with Crippen molar-refractivity contribution in [2.75, 3.05) is 23.9 Å². The van der Waals surface area contributed by atoms with E-state index in [9.17, 15) is 8.42 Å². The molecule has 0 saturated heterocycles. The standard InChI is InChI=1S/C7H11ClN4O2S/c1-5-10-6(8)12-7(11-5)9-3-4-15(2,13)14/h3-4H2,1-2H3,(H,9,10,11,12). The minimum Gasteiger partial charge on any atom is -0.353 e. The van der Waals surface area contributed by atoms with Crippen molar-refractivity contribution in [3.8, 4) is 0 Å². The van der Waals surface area contributed by atoms with Gasteiger partial charge in [0.1, 0.15) is 15.7 Å². The number of aryl methyl sites for hydroxylation is 1. The van der Waals surface area contributed by atoms with Crippen LogP contribution in [0.2, 0.25) is 5.28 Å². The Bertz CT molecular complexity index is 428. The summed E-state index contributed by atoms with van der Waals surface area (Å²) in [5, 5.41) is 2.84. The second kappa shape index (κ2) is 4.71. The average molecular weight is 251 g/mol. The third kappa shape index (κ3) is 4.89. The summed E-state index contributed by atoms with van der Waals surface area (Å²) in [4.78, 5) is 11.5. The van der Waals surface area contributed by atoms with Gasteiger partial charge in [-0.2, -0.15) is 9.97 Å². The SMILES string of the molecule is Cc1nc(Cl)nc(NCCS(C)(=O)=O)n1. The van der Waals surface area contributed by atoms with Gasteiger partial charge >= 0.3 is 0 Å². The normalized spacial score (nSPS) is 11.4. The van der Waals surface area contributed by atoms with E-state index in [2.05, 4.69) is 20.3 Å². The van der Waals surface area contributed by atoms with Crippen molar-refractivity contribution in [1.29, 1.82) is 0 Å². The zero-order valence-corrected chi connectivity index (χ0v) is 9.93. The zero-order chi connectivity index (χ0) is 11.5. The maximum atomic E-state index is 10.8. The zero-order valence-electron chi connectivity index (χ0n) is 8.36. The van der Waals surface area contributed by atoms with Crippen molar-refractivity contribution in [2.24, 2.45) is 0 Å². The van der Waals surface area contributed by atoms with Gasteiger partial charge in [0.05, 0.1) is 5.75 Å². The fourth-order valence-corrected chi connectivity index (χ4v) is 1.55. The fraction of sp³-hybridized carbons (Fsp3) is 0.571. The van der Waals surface area contributed by atoms with E-state index in [1.54, 1.807) is 6.92 Å². The third-order valence-electron chi connectivity index (χ3n) is 1.48. The van der Waals surface area contributed by atoms with E-state index in [1.165, 1.54) is 6.26 Å². The molecule has 0 amide bonds. The van der Waals surface area contributed by atoms with Gasteiger partial charge in [-0.15, -0.1) is 0 Å². The summed E-state index contributed by atoms with van der Waals surface area (Å²) in [6.45, 7) is 1.92. The molecule has 0 spiro atoms. The van der Waals surface area contributed by atoms with Crippen LogP contribution in [0.15, 0.2) is 0 Å². The molecular formula is C7H11ClN4O2S. The van der Waals surface area contributed by atoms with Crippen molar-refractivity contribution < 1.29 is 8.42 Å². The van der Waals surface area contributed by atoms with Crippen molar-refractivity contribution >= 4 is 27.4 Å². The van der Waals surface area contributed by atoms with E-state index < -0.39 is 9.84 Å². The van der Waals surface area contributed by atoms with Crippen LogP contribution in [-0.2, 0) is 9.84 Å². The third-order valence-corrected chi connectivity index (χ3v) is 2.59. The molecule has 0 aromatic carbocycles. The van der Waals surface area contributed by atoms with E-state index in [0.29, 0.717) is 5.82 Å². The molecule has 1 rings (SSSR count). The molecule has 0 aliphatic carbocycles. The average Bonchev–Trinajstić information content (AvgIpc) is 1.99. The van der Waals surface area contributed by atoms with E-state index in [1.807, 2.05) is 0 Å². The first-order chi connectivity index (χ1) is 6.87. The van der Waals surface area contributed by atoms with Crippen LogP contribution < -0.4 is 5.32 Å². The molecule has 1 N–H and O–H groups in total. The molecule has 0 atom stereocenters. The number of rotatable bonds is 4. The Kier molecular flexibility index (Phi) is 3.81. The lowest BCUT2D eigenvalue weighted by atomic mass is 10.7. The predicted molar refractivity (Wildman–Crippen MR) is 57.8 cm³/mol. The highest BCUT2D eigenvalue weighted by atomic mass is 35.5. The summed E-state index contributed by atoms with van der Waals surface area (Å²) in [7, 11) is -2.98. The molecule has 1 aromatic heterocycles. The lowest BCUT2D eigenvalue weighted by Gasteiger charge is -2.03. The Balaban J connectivity index is 2.58. The highest BCUT2D eigenvalue weighted by molar-refractivity contribution is 7.90. The molecule has 0 unspecified atom stereocenters. The van der Waals surface area contributed by atoms with Gasteiger partial charge in [-0.05, 0) is 18.5 Å². The van der Waals surface area contributed by atoms with Crippen LogP contribution in [0, 0.1) is 6.92 Å². The first-order valence-corrected chi connectivity index (χ1v) is 6.60. The molecule has 8 heteroatoms. The molecule has 6 nitrogen and oxygen atoms in total. The topological polar surface area (TPSA) is 84.8 Å². The van der Waals surface area contributed by atoms with Crippen LogP contribution in [0.25, 0.3) is 0 Å². The maximum absolute atomic E-state index is 10.8. The Morgan fingerprint density at radius 3 is 2.53 bits per heavy atom. The van der Waals surface area contributed by atoms with Gasteiger partial charge in [0.15, 0.2) is 0 Å². The smallest absolute Gasteiger partial charge is 0.227 e. The minimum absolute atomic E-state index is 0.0232. The molecule has 0 radical (unpaired) electrons. The fourth-order valence-electron chi connectivity index (χ4n) is 0.876. The quantitative estimate of drug-likeness (QED) is 0.827. The van der Waals surface area contributed by atoms with Crippen LogP contribution in [0.1, 0.15) is 5.82 Å². The van der Waals surface area contributed by atoms with Gasteiger partial charge in [-0.3, -0.25) is 0 Å². The monoisotopic (exact) mass is 250 g/mol. The van der Waals surface area contributed by atoms with Crippen molar-refractivity contribution in [1.82, 2.24) is 15.0 Å². The van der Waals surface area contributed by atoms with E-state index >= 15 is 0 Å². The van der Waals surface area contributed by atoms with Crippen LogP contribution in [-0.4, -0.2) is 41.9 Å². The Hall–Kier alpha value is -0.950. The molecule has 0 fully saturated rings. The van der Waals surface area contributed by atoms with Crippen molar-refractivity contribution in [3.05, 3.63) is 11.1 Å². The largest absolute Gasteiger partial charge is 0.353 e. The summed E-state index contributed by atoms with van der Waals surface area (Å²) in [6, 6.07) is 0. The molecule has 0 aliphatic rings. The number of aromatic nitrogens is 3. The first kappa shape index (κ1) is 12.1. The summed E-state index contributed by atoms with van der Waals surface area (Å²) in [5.74, 6) is 0.794. The molecule has 0 aliphatic heterocycles. The molecule has 0 bridgehead atoms. The van der Waals surface area contributed by atoms with Crippen LogP contribution >= 0.6 is 11.6 Å². The molecule has 1 heterocycles. The number of halogens is 1. The molecular weight excluding hydrogens is 240 g/mol. The number of nitrogens with one attached hydrogen (secondary N) is 1. The Labute approximate surface area is 93.0 Å². The van der Waals surface area contributed by atoms with Gasteiger partial charge in [0.25, 0.3) is 0 Å².